The van der Waals surface area contributed by atoms with Crippen LogP contribution in [-0.2, 0) is 14.2 Å². The molecule has 0 aromatic rings. The number of hydrogen-bond donors (Lipinski definition) is 0. The van der Waals surface area contributed by atoms with E-state index in [9.17, 15) is 0 Å². The zero-order valence-electron chi connectivity index (χ0n) is 9.09. The van der Waals surface area contributed by atoms with Crippen LogP contribution in [0, 0.1) is 23.7 Å². The van der Waals surface area contributed by atoms with Crippen molar-refractivity contribution in [2.24, 2.45) is 23.7 Å². The van der Waals surface area contributed by atoms with Gasteiger partial charge in [-0.1, -0.05) is 0 Å². The smallest absolute Gasteiger partial charge is 0.0841 e. The highest BCUT2D eigenvalue weighted by molar-refractivity contribution is 5.05. The van der Waals surface area contributed by atoms with E-state index in [0.717, 1.165) is 43.5 Å². The monoisotopic (exact) mass is 210 g/mol. The van der Waals surface area contributed by atoms with Crippen LogP contribution < -0.4 is 0 Å². The summed E-state index contributed by atoms with van der Waals surface area (Å²) in [6.07, 6.45) is 2.85. The van der Waals surface area contributed by atoms with Crippen LogP contribution in [0.4, 0.5) is 0 Å². The van der Waals surface area contributed by atoms with Gasteiger partial charge in [0.15, 0.2) is 0 Å². The molecule has 0 N–H and O–H groups in total. The molecule has 0 aromatic carbocycles. The first-order valence-electron chi connectivity index (χ1n) is 6.19. The Morgan fingerprint density at radius 2 is 1.47 bits per heavy atom. The van der Waals surface area contributed by atoms with Crippen LogP contribution >= 0.6 is 0 Å². The number of rotatable bonds is 2. The molecule has 4 rings (SSSR count). The lowest BCUT2D eigenvalue weighted by molar-refractivity contribution is 0.0769. The lowest BCUT2D eigenvalue weighted by Gasteiger charge is -2.19. The van der Waals surface area contributed by atoms with Gasteiger partial charge in [-0.2, -0.15) is 0 Å². The Labute approximate surface area is 90.1 Å². The molecule has 15 heavy (non-hydrogen) atoms. The topological polar surface area (TPSA) is 34.3 Å². The molecule has 1 aliphatic carbocycles. The van der Waals surface area contributed by atoms with E-state index in [0.29, 0.717) is 18.3 Å². The van der Waals surface area contributed by atoms with Crippen molar-refractivity contribution >= 4 is 0 Å². The Bertz CT molecular complexity index is 270. The number of epoxide rings is 2. The Hall–Kier alpha value is -0.120. The first kappa shape index (κ1) is 8.97. The molecule has 0 radical (unpaired) electrons. The minimum absolute atomic E-state index is 0.438. The maximum atomic E-state index is 5.83. The summed E-state index contributed by atoms with van der Waals surface area (Å²) >= 11 is 0. The molecule has 0 amide bonds. The standard InChI is InChI=1S/C12H18O3/c1-6-12-8(11-5-15-11)2-7(10-4-14-10)9(12)3-13-6/h6-12H,2-5H2,1H3. The van der Waals surface area contributed by atoms with E-state index in [4.69, 9.17) is 14.2 Å². The second kappa shape index (κ2) is 2.96. The van der Waals surface area contributed by atoms with Crippen molar-refractivity contribution in [1.82, 2.24) is 0 Å². The van der Waals surface area contributed by atoms with Gasteiger partial charge in [0.1, 0.15) is 0 Å². The molecular weight excluding hydrogens is 192 g/mol. The van der Waals surface area contributed by atoms with Crippen LogP contribution in [0.1, 0.15) is 13.3 Å². The second-order valence-electron chi connectivity index (χ2n) is 5.59. The Balaban J connectivity index is 1.60. The van der Waals surface area contributed by atoms with Gasteiger partial charge in [0.2, 0.25) is 0 Å². The maximum absolute atomic E-state index is 5.83. The van der Waals surface area contributed by atoms with E-state index in [-0.39, 0.29) is 0 Å². The minimum atomic E-state index is 0.438. The largest absolute Gasteiger partial charge is 0.378 e. The minimum Gasteiger partial charge on any atom is -0.378 e. The second-order valence-corrected chi connectivity index (χ2v) is 5.59. The first-order chi connectivity index (χ1) is 7.34. The van der Waals surface area contributed by atoms with Gasteiger partial charge in [-0.15, -0.1) is 0 Å². The molecule has 1 saturated carbocycles. The van der Waals surface area contributed by atoms with Gasteiger partial charge in [0.05, 0.1) is 38.1 Å². The molecule has 7 unspecified atom stereocenters. The highest BCUT2D eigenvalue weighted by Gasteiger charge is 2.58. The third-order valence-corrected chi connectivity index (χ3v) is 4.85. The molecule has 0 spiro atoms. The van der Waals surface area contributed by atoms with Crippen molar-refractivity contribution in [3.63, 3.8) is 0 Å². The highest BCUT2D eigenvalue weighted by atomic mass is 16.6. The van der Waals surface area contributed by atoms with Crippen molar-refractivity contribution in [3.8, 4) is 0 Å². The van der Waals surface area contributed by atoms with E-state index < -0.39 is 0 Å². The third-order valence-electron chi connectivity index (χ3n) is 4.85. The molecule has 4 fully saturated rings. The van der Waals surface area contributed by atoms with E-state index >= 15 is 0 Å². The summed E-state index contributed by atoms with van der Waals surface area (Å²) in [7, 11) is 0. The molecule has 3 aliphatic heterocycles. The molecule has 0 bridgehead atoms. The predicted octanol–water partition coefficient (Wildman–Crippen LogP) is 1.07. The van der Waals surface area contributed by atoms with E-state index in [1.165, 1.54) is 6.42 Å². The SMILES string of the molecule is CC1OCC2C(C3CO3)CC(C3CO3)C12. The normalized spacial score (nSPS) is 61.8. The molecular formula is C12H18O3. The van der Waals surface area contributed by atoms with Crippen LogP contribution in [0.3, 0.4) is 0 Å². The molecule has 3 heteroatoms. The van der Waals surface area contributed by atoms with Gasteiger partial charge in [-0.05, 0) is 37.0 Å². The predicted molar refractivity (Wildman–Crippen MR) is 53.5 cm³/mol. The summed E-state index contributed by atoms with van der Waals surface area (Å²) in [4.78, 5) is 0. The molecule has 3 heterocycles. The van der Waals surface area contributed by atoms with Crippen molar-refractivity contribution < 1.29 is 14.2 Å². The number of hydrogen-bond acceptors (Lipinski definition) is 3. The Morgan fingerprint density at radius 1 is 0.800 bits per heavy atom. The summed E-state index contributed by atoms with van der Waals surface area (Å²) in [5.74, 6) is 3.00. The zero-order chi connectivity index (χ0) is 9.99. The third kappa shape index (κ3) is 1.30. The van der Waals surface area contributed by atoms with Crippen LogP contribution in [0.2, 0.25) is 0 Å². The maximum Gasteiger partial charge on any atom is 0.0841 e. The summed E-state index contributed by atoms with van der Waals surface area (Å²) in [5, 5.41) is 0. The van der Waals surface area contributed by atoms with Gasteiger partial charge in [0.25, 0.3) is 0 Å². The highest BCUT2D eigenvalue weighted by Crippen LogP contribution is 2.54. The van der Waals surface area contributed by atoms with Gasteiger partial charge < -0.3 is 14.2 Å². The van der Waals surface area contributed by atoms with E-state index in [1.807, 2.05) is 0 Å². The first-order valence-corrected chi connectivity index (χ1v) is 6.19. The molecule has 3 saturated heterocycles. The zero-order valence-corrected chi connectivity index (χ0v) is 9.09. The average molecular weight is 210 g/mol. The van der Waals surface area contributed by atoms with Gasteiger partial charge in [-0.3, -0.25) is 0 Å². The fraction of sp³-hybridized carbons (Fsp3) is 1.00. The van der Waals surface area contributed by atoms with Crippen molar-refractivity contribution in [1.29, 1.82) is 0 Å². The quantitative estimate of drug-likeness (QED) is 0.639. The van der Waals surface area contributed by atoms with Crippen LogP contribution in [0.5, 0.6) is 0 Å². The van der Waals surface area contributed by atoms with Gasteiger partial charge >= 0.3 is 0 Å². The lowest BCUT2D eigenvalue weighted by Crippen LogP contribution is -2.24. The van der Waals surface area contributed by atoms with Crippen LogP contribution in [0.15, 0.2) is 0 Å². The molecule has 84 valence electrons. The Morgan fingerprint density at radius 3 is 2.13 bits per heavy atom. The Kier molecular flexibility index (Phi) is 1.77. The summed E-state index contributed by atoms with van der Waals surface area (Å²) in [6, 6.07) is 0. The molecule has 7 atom stereocenters. The van der Waals surface area contributed by atoms with Crippen LogP contribution in [-0.4, -0.2) is 38.1 Å². The van der Waals surface area contributed by atoms with E-state index in [2.05, 4.69) is 6.92 Å². The molecule has 4 aliphatic rings. The van der Waals surface area contributed by atoms with Crippen LogP contribution in [0.25, 0.3) is 0 Å². The van der Waals surface area contributed by atoms with Gasteiger partial charge in [0, 0.05) is 0 Å². The van der Waals surface area contributed by atoms with Gasteiger partial charge in [-0.25, -0.2) is 0 Å². The van der Waals surface area contributed by atoms with Crippen molar-refractivity contribution in [3.05, 3.63) is 0 Å². The molecule has 0 aromatic heterocycles. The fourth-order valence-corrected chi connectivity index (χ4v) is 3.99. The lowest BCUT2D eigenvalue weighted by atomic mass is 9.84. The molecule has 3 nitrogen and oxygen atoms in total. The number of fused-ring (bicyclic) bond motifs is 1. The van der Waals surface area contributed by atoms with Crippen molar-refractivity contribution in [2.75, 3.05) is 19.8 Å². The van der Waals surface area contributed by atoms with E-state index in [1.54, 1.807) is 0 Å². The fourth-order valence-electron chi connectivity index (χ4n) is 3.99. The average Bonchev–Trinajstić information content (AvgIpc) is 3.12. The summed E-state index contributed by atoms with van der Waals surface area (Å²) in [5.41, 5.74) is 0. The number of ether oxygens (including phenoxy) is 3. The summed E-state index contributed by atoms with van der Waals surface area (Å²) in [6.45, 7) is 5.16. The summed E-state index contributed by atoms with van der Waals surface area (Å²) < 4.78 is 16.8. The van der Waals surface area contributed by atoms with Crippen molar-refractivity contribution in [2.45, 2.75) is 31.7 Å².